The van der Waals surface area contributed by atoms with E-state index in [1.54, 1.807) is 18.2 Å². The highest BCUT2D eigenvalue weighted by Gasteiger charge is 2.28. The van der Waals surface area contributed by atoms with Crippen LogP contribution in [0.15, 0.2) is 66.7 Å². The largest absolute Gasteiger partial charge is 0.508 e. The summed E-state index contributed by atoms with van der Waals surface area (Å²) in [6.07, 6.45) is 0. The van der Waals surface area contributed by atoms with Gasteiger partial charge in [-0.1, -0.05) is 76.2 Å². The second-order valence-electron chi connectivity index (χ2n) is 8.38. The molecule has 0 saturated carbocycles. The summed E-state index contributed by atoms with van der Waals surface area (Å²) < 4.78 is 0. The molecule has 3 aromatic rings. The van der Waals surface area contributed by atoms with Gasteiger partial charge in [0.25, 0.3) is 0 Å². The van der Waals surface area contributed by atoms with E-state index in [0.717, 1.165) is 11.1 Å². The summed E-state index contributed by atoms with van der Waals surface area (Å²) in [4.78, 5) is 0. The lowest BCUT2D eigenvalue weighted by atomic mass is 9.73. The molecule has 0 heterocycles. The first-order valence-corrected chi connectivity index (χ1v) is 9.33. The van der Waals surface area contributed by atoms with Gasteiger partial charge in [0.05, 0.1) is 0 Å². The number of hydrogen-bond donors (Lipinski definition) is 2. The third-order valence-corrected chi connectivity index (χ3v) is 5.81. The Morgan fingerprint density at radius 2 is 1.07 bits per heavy atom. The lowest BCUT2D eigenvalue weighted by molar-refractivity contribution is 0.470. The van der Waals surface area contributed by atoms with Crippen molar-refractivity contribution in [2.24, 2.45) is 0 Å². The van der Waals surface area contributed by atoms with Crippen LogP contribution in [-0.2, 0) is 10.8 Å². The monoisotopic (exact) mass is 360 g/mol. The standard InChI is InChI=1S/C25H28O2/c1-17-15-21(11-14-23(17)27)25(4,5)20-8-6-7-19(16-20)24(2,3)18-9-12-22(26)13-10-18/h6-16,26-27H,1-5H3. The van der Waals surface area contributed by atoms with E-state index in [1.807, 2.05) is 25.1 Å². The van der Waals surface area contributed by atoms with E-state index in [0.29, 0.717) is 5.75 Å². The van der Waals surface area contributed by atoms with Gasteiger partial charge in [-0.15, -0.1) is 0 Å². The Morgan fingerprint density at radius 3 is 1.63 bits per heavy atom. The highest BCUT2D eigenvalue weighted by atomic mass is 16.3. The minimum atomic E-state index is -0.181. The fourth-order valence-electron chi connectivity index (χ4n) is 3.55. The number of phenols is 2. The van der Waals surface area contributed by atoms with Gasteiger partial charge in [0.2, 0.25) is 0 Å². The van der Waals surface area contributed by atoms with Crippen molar-refractivity contribution < 1.29 is 10.2 Å². The average Bonchev–Trinajstić information content (AvgIpc) is 2.64. The first kappa shape index (κ1) is 19.0. The molecule has 0 atom stereocenters. The zero-order chi connectivity index (χ0) is 19.8. The molecule has 3 aromatic carbocycles. The zero-order valence-electron chi connectivity index (χ0n) is 16.7. The SMILES string of the molecule is Cc1cc(C(C)(C)c2cccc(C(C)(C)c3ccc(O)cc3)c2)ccc1O. The van der Waals surface area contributed by atoms with E-state index in [2.05, 4.69) is 58.0 Å². The Hall–Kier alpha value is -2.74. The summed E-state index contributed by atoms with van der Waals surface area (Å²) >= 11 is 0. The molecule has 140 valence electrons. The number of aryl methyl sites for hydroxylation is 1. The molecule has 0 aliphatic carbocycles. The van der Waals surface area contributed by atoms with Gasteiger partial charge in [0.15, 0.2) is 0 Å². The van der Waals surface area contributed by atoms with Crippen LogP contribution in [0.1, 0.15) is 55.5 Å². The summed E-state index contributed by atoms with van der Waals surface area (Å²) in [5.41, 5.74) is 5.34. The molecular weight excluding hydrogens is 332 g/mol. The summed E-state index contributed by atoms with van der Waals surface area (Å²) in [5, 5.41) is 19.5. The van der Waals surface area contributed by atoms with Gasteiger partial charge in [-0.2, -0.15) is 0 Å². The molecule has 0 amide bonds. The Labute approximate surface area is 162 Å². The van der Waals surface area contributed by atoms with Crippen LogP contribution in [-0.4, -0.2) is 10.2 Å². The zero-order valence-corrected chi connectivity index (χ0v) is 16.7. The van der Waals surface area contributed by atoms with Crippen molar-refractivity contribution in [2.45, 2.75) is 45.4 Å². The maximum Gasteiger partial charge on any atom is 0.118 e. The van der Waals surface area contributed by atoms with Crippen molar-refractivity contribution in [3.8, 4) is 11.5 Å². The maximum absolute atomic E-state index is 9.86. The molecule has 2 heteroatoms. The van der Waals surface area contributed by atoms with Gasteiger partial charge in [-0.25, -0.2) is 0 Å². The molecular formula is C25H28O2. The number of aromatic hydroxyl groups is 2. The van der Waals surface area contributed by atoms with Gasteiger partial charge in [-0.3, -0.25) is 0 Å². The predicted molar refractivity (Wildman–Crippen MR) is 112 cm³/mol. The van der Waals surface area contributed by atoms with Crippen LogP contribution in [0, 0.1) is 6.92 Å². The van der Waals surface area contributed by atoms with Crippen LogP contribution in [0.2, 0.25) is 0 Å². The van der Waals surface area contributed by atoms with Crippen LogP contribution >= 0.6 is 0 Å². The molecule has 2 N–H and O–H groups in total. The molecule has 2 nitrogen and oxygen atoms in total. The van der Waals surface area contributed by atoms with Crippen LogP contribution in [0.3, 0.4) is 0 Å². The summed E-state index contributed by atoms with van der Waals surface area (Å²) in [7, 11) is 0. The van der Waals surface area contributed by atoms with E-state index in [4.69, 9.17) is 0 Å². The minimum absolute atomic E-state index is 0.176. The third-order valence-electron chi connectivity index (χ3n) is 5.81. The van der Waals surface area contributed by atoms with Gasteiger partial charge < -0.3 is 10.2 Å². The first-order chi connectivity index (χ1) is 12.6. The van der Waals surface area contributed by atoms with Gasteiger partial charge in [0, 0.05) is 10.8 Å². The molecule has 0 spiro atoms. The quantitative estimate of drug-likeness (QED) is 0.594. The lowest BCUT2D eigenvalue weighted by Crippen LogP contribution is -2.23. The summed E-state index contributed by atoms with van der Waals surface area (Å²) in [5.74, 6) is 0.615. The molecule has 0 aliphatic rings. The Bertz CT molecular complexity index is 950. The Kier molecular flexibility index (Phi) is 4.77. The van der Waals surface area contributed by atoms with Crippen LogP contribution in [0.5, 0.6) is 11.5 Å². The number of benzene rings is 3. The van der Waals surface area contributed by atoms with E-state index >= 15 is 0 Å². The van der Waals surface area contributed by atoms with E-state index in [-0.39, 0.29) is 16.6 Å². The van der Waals surface area contributed by atoms with Crippen molar-refractivity contribution in [3.05, 3.63) is 94.5 Å². The number of hydrogen-bond acceptors (Lipinski definition) is 2. The van der Waals surface area contributed by atoms with Gasteiger partial charge >= 0.3 is 0 Å². The second kappa shape index (κ2) is 6.77. The number of phenolic OH excluding ortho intramolecular Hbond substituents is 2. The van der Waals surface area contributed by atoms with Crippen molar-refractivity contribution in [1.29, 1.82) is 0 Å². The van der Waals surface area contributed by atoms with Crippen LogP contribution in [0.25, 0.3) is 0 Å². The highest BCUT2D eigenvalue weighted by Crippen LogP contribution is 2.38. The third kappa shape index (κ3) is 3.57. The molecule has 0 saturated heterocycles. The van der Waals surface area contributed by atoms with Crippen molar-refractivity contribution in [2.75, 3.05) is 0 Å². The average molecular weight is 360 g/mol. The lowest BCUT2D eigenvalue weighted by Gasteiger charge is -2.31. The van der Waals surface area contributed by atoms with Gasteiger partial charge in [-0.05, 0) is 52.9 Å². The highest BCUT2D eigenvalue weighted by molar-refractivity contribution is 5.47. The van der Waals surface area contributed by atoms with Crippen LogP contribution < -0.4 is 0 Å². The normalized spacial score (nSPS) is 12.2. The molecule has 0 aromatic heterocycles. The summed E-state index contributed by atoms with van der Waals surface area (Å²) in [6.45, 7) is 10.8. The summed E-state index contributed by atoms with van der Waals surface area (Å²) in [6, 6.07) is 22.0. The molecule has 0 bridgehead atoms. The van der Waals surface area contributed by atoms with E-state index in [9.17, 15) is 10.2 Å². The molecule has 0 aliphatic heterocycles. The molecule has 0 fully saturated rings. The minimum Gasteiger partial charge on any atom is -0.508 e. The Morgan fingerprint density at radius 1 is 0.593 bits per heavy atom. The smallest absolute Gasteiger partial charge is 0.118 e. The van der Waals surface area contributed by atoms with Crippen molar-refractivity contribution in [3.63, 3.8) is 0 Å². The number of rotatable bonds is 4. The van der Waals surface area contributed by atoms with Crippen LogP contribution in [0.4, 0.5) is 0 Å². The fraction of sp³-hybridized carbons (Fsp3) is 0.280. The fourth-order valence-corrected chi connectivity index (χ4v) is 3.55. The van der Waals surface area contributed by atoms with E-state index in [1.165, 1.54) is 16.7 Å². The maximum atomic E-state index is 9.86. The second-order valence-corrected chi connectivity index (χ2v) is 8.38. The van der Waals surface area contributed by atoms with E-state index < -0.39 is 0 Å². The Balaban J connectivity index is 2.04. The molecule has 27 heavy (non-hydrogen) atoms. The van der Waals surface area contributed by atoms with Gasteiger partial charge in [0.1, 0.15) is 11.5 Å². The van der Waals surface area contributed by atoms with Crippen molar-refractivity contribution >= 4 is 0 Å². The van der Waals surface area contributed by atoms with Crippen molar-refractivity contribution in [1.82, 2.24) is 0 Å². The molecule has 0 radical (unpaired) electrons. The first-order valence-electron chi connectivity index (χ1n) is 9.33. The predicted octanol–water partition coefficient (Wildman–Crippen LogP) is 6.06. The topological polar surface area (TPSA) is 40.5 Å². The molecule has 3 rings (SSSR count). The molecule has 0 unspecified atom stereocenters.